The second-order valence-electron chi connectivity index (χ2n) is 13.8. The van der Waals surface area contributed by atoms with Crippen molar-refractivity contribution in [1.29, 1.82) is 0 Å². The van der Waals surface area contributed by atoms with E-state index in [1.165, 1.54) is 13.0 Å². The number of hydrogen-bond acceptors (Lipinski definition) is 16. The van der Waals surface area contributed by atoms with Gasteiger partial charge in [0, 0.05) is 34.8 Å². The Labute approximate surface area is 274 Å². The molecule has 0 aromatic heterocycles. The Kier molecular flexibility index (Phi) is 8.44. The van der Waals surface area contributed by atoms with Gasteiger partial charge in [0.1, 0.15) is 36.6 Å². The van der Waals surface area contributed by atoms with E-state index < -0.39 is 114 Å². The van der Waals surface area contributed by atoms with Crippen LogP contribution in [0.15, 0.2) is 34.6 Å². The van der Waals surface area contributed by atoms with Crippen LogP contribution in [-0.2, 0) is 47.6 Å². The van der Waals surface area contributed by atoms with Crippen LogP contribution in [-0.4, -0.2) is 135 Å². The lowest BCUT2D eigenvalue weighted by Gasteiger charge is -2.65. The molecule has 48 heavy (non-hydrogen) atoms. The van der Waals surface area contributed by atoms with Crippen molar-refractivity contribution in [2.75, 3.05) is 20.3 Å². The Morgan fingerprint density at radius 2 is 1.73 bits per heavy atom. The molecule has 2 bridgehead atoms. The third-order valence-electron chi connectivity index (χ3n) is 11.1. The summed E-state index contributed by atoms with van der Waals surface area (Å²) in [5, 5.41) is 64.5. The molecule has 0 radical (unpaired) electrons. The van der Waals surface area contributed by atoms with Crippen LogP contribution in [0.25, 0.3) is 0 Å². The number of hydrogen-bond donors (Lipinski definition) is 6. The lowest BCUT2D eigenvalue weighted by atomic mass is 9.40. The minimum Gasteiger partial charge on any atom is -0.467 e. The summed E-state index contributed by atoms with van der Waals surface area (Å²) < 4.78 is 34.0. The van der Waals surface area contributed by atoms with E-state index in [1.807, 2.05) is 0 Å². The molecule has 0 aromatic rings. The largest absolute Gasteiger partial charge is 0.467 e. The van der Waals surface area contributed by atoms with E-state index in [9.17, 15) is 49.8 Å². The first kappa shape index (κ1) is 34.6. The predicted molar refractivity (Wildman–Crippen MR) is 155 cm³/mol. The molecule has 1 spiro atoms. The van der Waals surface area contributed by atoms with Crippen molar-refractivity contribution in [3.63, 3.8) is 0 Å². The number of ether oxygens (including phenoxy) is 6. The van der Waals surface area contributed by atoms with E-state index in [-0.39, 0.29) is 24.4 Å². The lowest BCUT2D eigenvalue weighted by molar-refractivity contribution is -0.291. The van der Waals surface area contributed by atoms with Crippen molar-refractivity contribution in [1.82, 2.24) is 0 Å². The number of aliphatic hydroxyl groups excluding tert-OH is 6. The van der Waals surface area contributed by atoms with Gasteiger partial charge in [0.15, 0.2) is 5.76 Å². The fraction of sp³-hybridized carbons (Fsp3) is 0.688. The topological polar surface area (TPSA) is 245 Å². The summed E-state index contributed by atoms with van der Waals surface area (Å²) in [5.74, 6) is -6.66. The zero-order chi connectivity index (χ0) is 35.2. The fourth-order valence-electron chi connectivity index (χ4n) is 9.07. The lowest BCUT2D eigenvalue weighted by Crippen LogP contribution is -2.78. The zero-order valence-electron chi connectivity index (χ0n) is 26.9. The number of aliphatic hydroxyl groups is 6. The van der Waals surface area contributed by atoms with Crippen LogP contribution in [0.4, 0.5) is 0 Å². The van der Waals surface area contributed by atoms with Gasteiger partial charge >= 0.3 is 17.9 Å². The van der Waals surface area contributed by atoms with Crippen LogP contribution >= 0.6 is 0 Å². The molecule has 3 aliphatic carbocycles. The zero-order valence-corrected chi connectivity index (χ0v) is 26.9. The van der Waals surface area contributed by atoms with Gasteiger partial charge in [-0.1, -0.05) is 12.5 Å². The highest BCUT2D eigenvalue weighted by molar-refractivity contribution is 6.08. The number of rotatable bonds is 6. The second kappa shape index (κ2) is 11.7. The summed E-state index contributed by atoms with van der Waals surface area (Å²) >= 11 is 0. The highest BCUT2D eigenvalue weighted by Gasteiger charge is 2.84. The molecule has 6 aliphatic rings. The average Bonchev–Trinajstić information content (AvgIpc) is 3.34. The standard InChI is InChI=1S/C32H40O16/c1-11(2)6-17(34)48-23-25-31-10-44-32(25,29(42)43-5)26(40)22(39)24(31)30(4)8-14(18(35)12(3)13(30)7-16(31)47-27(23)41)45-28-21(38)20(37)19(36)15(9-33)46-28/h6,8,15-16,19-26,28,33,36-40H,7,9-10H2,1-5H3/t15-,16-,19-,20+,21-,22-,23-,24-,25-,26+,28-,30+,31-,32+/m1/s1. The maximum Gasteiger partial charge on any atom is 0.348 e. The maximum absolute atomic E-state index is 13.7. The van der Waals surface area contributed by atoms with Crippen LogP contribution in [0.2, 0.25) is 0 Å². The van der Waals surface area contributed by atoms with Crippen molar-refractivity contribution in [2.45, 2.75) is 94.8 Å². The van der Waals surface area contributed by atoms with Gasteiger partial charge in [0.05, 0.1) is 32.3 Å². The molecule has 16 heteroatoms. The number of ketones is 1. The number of methoxy groups -OCH3 is 1. The highest BCUT2D eigenvalue weighted by atomic mass is 16.7. The molecule has 6 N–H and O–H groups in total. The van der Waals surface area contributed by atoms with Gasteiger partial charge in [0.2, 0.25) is 23.8 Å². The predicted octanol–water partition coefficient (Wildman–Crippen LogP) is -2.30. The summed E-state index contributed by atoms with van der Waals surface area (Å²) in [7, 11) is 1.05. The number of fused-ring (bicyclic) bond motifs is 2. The quantitative estimate of drug-likeness (QED) is 0.0981. The van der Waals surface area contributed by atoms with E-state index in [0.717, 1.165) is 13.2 Å². The monoisotopic (exact) mass is 680 g/mol. The van der Waals surface area contributed by atoms with Crippen LogP contribution in [0.1, 0.15) is 34.1 Å². The molecule has 2 saturated carbocycles. The van der Waals surface area contributed by atoms with Crippen LogP contribution < -0.4 is 0 Å². The molecule has 16 nitrogen and oxygen atoms in total. The normalized spacial score (nSPS) is 46.1. The van der Waals surface area contributed by atoms with Crippen molar-refractivity contribution in [2.24, 2.45) is 22.7 Å². The van der Waals surface area contributed by atoms with Crippen molar-refractivity contribution >= 4 is 23.7 Å². The number of carbonyl (C=O) groups is 4. The first-order valence-electron chi connectivity index (χ1n) is 15.6. The first-order valence-corrected chi connectivity index (χ1v) is 15.6. The minimum atomic E-state index is -2.35. The molecule has 264 valence electrons. The number of allylic oxidation sites excluding steroid dienone is 3. The van der Waals surface area contributed by atoms with Crippen LogP contribution in [0.5, 0.6) is 0 Å². The van der Waals surface area contributed by atoms with E-state index in [0.29, 0.717) is 11.1 Å². The maximum atomic E-state index is 13.7. The summed E-state index contributed by atoms with van der Waals surface area (Å²) in [5.41, 5.74) is -4.15. The third kappa shape index (κ3) is 4.50. The summed E-state index contributed by atoms with van der Waals surface area (Å²) in [4.78, 5) is 53.8. The molecule has 3 aliphatic heterocycles. The molecule has 3 saturated heterocycles. The molecule has 0 aromatic carbocycles. The molecular weight excluding hydrogens is 640 g/mol. The second-order valence-corrected chi connectivity index (χ2v) is 13.8. The summed E-state index contributed by atoms with van der Waals surface area (Å²) in [6, 6.07) is 0. The van der Waals surface area contributed by atoms with E-state index in [2.05, 4.69) is 0 Å². The van der Waals surface area contributed by atoms with Gasteiger partial charge in [-0.25, -0.2) is 14.4 Å². The molecule has 14 atom stereocenters. The highest BCUT2D eigenvalue weighted by Crippen LogP contribution is 2.72. The van der Waals surface area contributed by atoms with Gasteiger partial charge in [-0.2, -0.15) is 0 Å². The van der Waals surface area contributed by atoms with E-state index in [4.69, 9.17) is 28.4 Å². The van der Waals surface area contributed by atoms with Crippen molar-refractivity contribution < 1.29 is 78.2 Å². The molecule has 0 unspecified atom stereocenters. The molecule has 6 rings (SSSR count). The van der Waals surface area contributed by atoms with Crippen LogP contribution in [0, 0.1) is 22.7 Å². The third-order valence-corrected chi connectivity index (χ3v) is 11.1. The summed E-state index contributed by atoms with van der Waals surface area (Å²) in [6.45, 7) is 5.31. The van der Waals surface area contributed by atoms with E-state index in [1.54, 1.807) is 20.8 Å². The van der Waals surface area contributed by atoms with Gasteiger partial charge in [-0.05, 0) is 32.4 Å². The Morgan fingerprint density at radius 3 is 2.35 bits per heavy atom. The molecular formula is C32H40O16. The van der Waals surface area contributed by atoms with Gasteiger partial charge < -0.3 is 59.1 Å². The number of esters is 3. The molecule has 3 heterocycles. The van der Waals surface area contributed by atoms with E-state index >= 15 is 0 Å². The SMILES string of the molecule is COC(=O)[C@@]12OC[C@@]34[C@@H](CC5=C(C)C(=O)C(O[C@@H]6O[C@H](CO)[C@@H](O)[C@H](O)[C@H]6O)=C[C@]5(C)[C@H]3[C@@H](O)[C@@H]1O)OC(=O)[C@H](OC(=O)C=C(C)C)[C@@H]24. The van der Waals surface area contributed by atoms with Crippen molar-refractivity contribution in [3.05, 3.63) is 34.6 Å². The van der Waals surface area contributed by atoms with Gasteiger partial charge in [-0.3, -0.25) is 4.79 Å². The molecule has 0 amide bonds. The Bertz CT molecular complexity index is 1510. The van der Waals surface area contributed by atoms with Crippen LogP contribution in [0.3, 0.4) is 0 Å². The Morgan fingerprint density at radius 1 is 1.04 bits per heavy atom. The van der Waals surface area contributed by atoms with Crippen molar-refractivity contribution in [3.8, 4) is 0 Å². The molecule has 5 fully saturated rings. The van der Waals surface area contributed by atoms with Gasteiger partial charge in [-0.15, -0.1) is 0 Å². The number of carbonyl (C=O) groups excluding carboxylic acids is 4. The Hall–Kier alpha value is -3.22. The minimum absolute atomic E-state index is 0.0747. The average molecular weight is 681 g/mol. The van der Waals surface area contributed by atoms with Gasteiger partial charge in [0.25, 0.3) is 0 Å². The summed E-state index contributed by atoms with van der Waals surface area (Å²) in [6.07, 6.45) is -12.6. The number of Topliss-reactive ketones (excluding diaryl/α,β-unsaturated/α-hetero) is 1. The first-order chi connectivity index (χ1) is 22.5. The Balaban J connectivity index is 1.49. The smallest absolute Gasteiger partial charge is 0.348 e. The fourth-order valence-corrected chi connectivity index (χ4v) is 9.07.